The molecule has 3 nitrogen and oxygen atoms in total. The van der Waals surface area contributed by atoms with Crippen LogP contribution in [0.25, 0.3) is 11.3 Å². The second-order valence-corrected chi connectivity index (χ2v) is 3.97. The molecule has 2 rings (SSSR count). The molecule has 0 radical (unpaired) electrons. The zero-order valence-electron chi connectivity index (χ0n) is 8.20. The SMILES string of the molecule is CCNc1nsnc1-c1cccc(Cl)c1. The van der Waals surface area contributed by atoms with E-state index < -0.39 is 0 Å². The van der Waals surface area contributed by atoms with Crippen LogP contribution in [0.2, 0.25) is 5.02 Å². The van der Waals surface area contributed by atoms with E-state index in [2.05, 4.69) is 14.1 Å². The number of nitrogens with zero attached hydrogens (tertiary/aromatic N) is 2. The third kappa shape index (κ3) is 2.27. The van der Waals surface area contributed by atoms with Gasteiger partial charge in [-0.15, -0.1) is 0 Å². The zero-order chi connectivity index (χ0) is 10.7. The van der Waals surface area contributed by atoms with Crippen LogP contribution in [-0.2, 0) is 0 Å². The van der Waals surface area contributed by atoms with E-state index in [9.17, 15) is 0 Å². The van der Waals surface area contributed by atoms with E-state index in [0.717, 1.165) is 23.6 Å². The van der Waals surface area contributed by atoms with Crippen molar-refractivity contribution in [1.29, 1.82) is 0 Å². The first-order valence-corrected chi connectivity index (χ1v) is 5.74. The number of rotatable bonds is 3. The molecule has 0 saturated heterocycles. The first-order valence-electron chi connectivity index (χ1n) is 4.63. The molecule has 1 N–H and O–H groups in total. The van der Waals surface area contributed by atoms with Crippen molar-refractivity contribution in [2.24, 2.45) is 0 Å². The third-order valence-electron chi connectivity index (χ3n) is 1.93. The predicted octanol–water partition coefficient (Wildman–Crippen LogP) is 3.29. The number of hydrogen-bond donors (Lipinski definition) is 1. The lowest BCUT2D eigenvalue weighted by Crippen LogP contribution is -1.98. The van der Waals surface area contributed by atoms with Gasteiger partial charge in [0.25, 0.3) is 0 Å². The first kappa shape index (κ1) is 10.4. The molecule has 0 spiro atoms. The first-order chi connectivity index (χ1) is 7.31. The molecular weight excluding hydrogens is 230 g/mol. The van der Waals surface area contributed by atoms with E-state index in [1.807, 2.05) is 31.2 Å². The van der Waals surface area contributed by atoms with Crippen LogP contribution in [0, 0.1) is 0 Å². The van der Waals surface area contributed by atoms with E-state index in [1.54, 1.807) is 0 Å². The molecule has 2 aromatic rings. The normalized spacial score (nSPS) is 10.3. The summed E-state index contributed by atoms with van der Waals surface area (Å²) < 4.78 is 8.44. The molecule has 0 amide bonds. The van der Waals surface area contributed by atoms with Gasteiger partial charge in [-0.25, -0.2) is 0 Å². The summed E-state index contributed by atoms with van der Waals surface area (Å²) in [6.45, 7) is 2.86. The van der Waals surface area contributed by atoms with Gasteiger partial charge in [0.15, 0.2) is 5.82 Å². The molecule has 15 heavy (non-hydrogen) atoms. The van der Waals surface area contributed by atoms with Crippen LogP contribution in [0.4, 0.5) is 5.82 Å². The quantitative estimate of drug-likeness (QED) is 0.893. The van der Waals surface area contributed by atoms with Gasteiger partial charge >= 0.3 is 0 Å². The molecule has 0 bridgehead atoms. The van der Waals surface area contributed by atoms with Crippen LogP contribution in [0.1, 0.15) is 6.92 Å². The van der Waals surface area contributed by atoms with Gasteiger partial charge in [-0.05, 0) is 19.1 Å². The Morgan fingerprint density at radius 3 is 3.00 bits per heavy atom. The number of halogens is 1. The maximum absolute atomic E-state index is 5.93. The minimum absolute atomic E-state index is 0.711. The highest BCUT2D eigenvalue weighted by atomic mass is 35.5. The largest absolute Gasteiger partial charge is 0.368 e. The van der Waals surface area contributed by atoms with Crippen molar-refractivity contribution >= 4 is 29.1 Å². The summed E-state index contributed by atoms with van der Waals surface area (Å²) in [5, 5.41) is 3.88. The van der Waals surface area contributed by atoms with Crippen molar-refractivity contribution in [2.45, 2.75) is 6.92 Å². The molecule has 0 atom stereocenters. The molecule has 78 valence electrons. The predicted molar refractivity (Wildman–Crippen MR) is 64.5 cm³/mol. The van der Waals surface area contributed by atoms with E-state index in [0.29, 0.717) is 5.02 Å². The number of hydrogen-bond acceptors (Lipinski definition) is 4. The zero-order valence-corrected chi connectivity index (χ0v) is 9.77. The Morgan fingerprint density at radius 2 is 2.27 bits per heavy atom. The number of benzene rings is 1. The Bertz CT molecular complexity index is 455. The molecule has 0 unspecified atom stereocenters. The molecular formula is C10H10ClN3S. The summed E-state index contributed by atoms with van der Waals surface area (Å²) in [7, 11) is 0. The molecule has 0 aliphatic rings. The van der Waals surface area contributed by atoms with Gasteiger partial charge in [-0.2, -0.15) is 8.75 Å². The maximum atomic E-state index is 5.93. The summed E-state index contributed by atoms with van der Waals surface area (Å²) in [6, 6.07) is 7.62. The minimum atomic E-state index is 0.711. The molecule has 0 saturated carbocycles. The van der Waals surface area contributed by atoms with Crippen molar-refractivity contribution < 1.29 is 0 Å². The fraction of sp³-hybridized carbons (Fsp3) is 0.200. The molecule has 0 aliphatic carbocycles. The standard InChI is InChI=1S/C10H10ClN3S/c1-2-12-10-9(13-15-14-10)7-4-3-5-8(11)6-7/h3-6H,2H2,1H3,(H,12,14). The Balaban J connectivity index is 2.40. The van der Waals surface area contributed by atoms with Gasteiger partial charge in [-0.3, -0.25) is 0 Å². The van der Waals surface area contributed by atoms with Gasteiger partial charge in [0.1, 0.15) is 5.69 Å². The van der Waals surface area contributed by atoms with Crippen LogP contribution in [0.5, 0.6) is 0 Å². The smallest absolute Gasteiger partial charge is 0.168 e. The molecule has 5 heteroatoms. The van der Waals surface area contributed by atoms with Gasteiger partial charge in [0.2, 0.25) is 0 Å². The molecule has 0 fully saturated rings. The lowest BCUT2D eigenvalue weighted by molar-refractivity contribution is 1.19. The van der Waals surface area contributed by atoms with Gasteiger partial charge < -0.3 is 5.32 Å². The van der Waals surface area contributed by atoms with Gasteiger partial charge in [0.05, 0.1) is 11.7 Å². The summed E-state index contributed by atoms with van der Waals surface area (Å²) in [5.74, 6) is 0.824. The Kier molecular flexibility index (Phi) is 3.18. The molecule has 1 aromatic heterocycles. The Morgan fingerprint density at radius 1 is 1.40 bits per heavy atom. The fourth-order valence-electron chi connectivity index (χ4n) is 1.30. The second-order valence-electron chi connectivity index (χ2n) is 3.00. The summed E-state index contributed by atoms with van der Waals surface area (Å²) in [6.07, 6.45) is 0. The summed E-state index contributed by atoms with van der Waals surface area (Å²) >= 11 is 7.13. The fourth-order valence-corrected chi connectivity index (χ4v) is 2.03. The lowest BCUT2D eigenvalue weighted by Gasteiger charge is -2.02. The minimum Gasteiger partial charge on any atom is -0.368 e. The van der Waals surface area contributed by atoms with Crippen molar-refractivity contribution in [3.63, 3.8) is 0 Å². The van der Waals surface area contributed by atoms with E-state index in [1.165, 1.54) is 11.7 Å². The molecule has 1 heterocycles. The highest BCUT2D eigenvalue weighted by molar-refractivity contribution is 6.99. The summed E-state index contributed by atoms with van der Waals surface area (Å²) in [4.78, 5) is 0. The van der Waals surface area contributed by atoms with Crippen LogP contribution >= 0.6 is 23.3 Å². The topological polar surface area (TPSA) is 37.8 Å². The van der Waals surface area contributed by atoms with Crippen LogP contribution < -0.4 is 5.32 Å². The lowest BCUT2D eigenvalue weighted by atomic mass is 10.1. The monoisotopic (exact) mass is 239 g/mol. The maximum Gasteiger partial charge on any atom is 0.168 e. The number of aromatic nitrogens is 2. The van der Waals surface area contributed by atoms with Crippen LogP contribution in [-0.4, -0.2) is 15.3 Å². The Labute approximate surface area is 97.4 Å². The molecule has 0 aliphatic heterocycles. The van der Waals surface area contributed by atoms with Gasteiger partial charge in [-0.1, -0.05) is 23.7 Å². The third-order valence-corrected chi connectivity index (χ3v) is 2.69. The van der Waals surface area contributed by atoms with Crippen LogP contribution in [0.3, 0.4) is 0 Å². The average molecular weight is 240 g/mol. The highest BCUT2D eigenvalue weighted by Crippen LogP contribution is 2.27. The van der Waals surface area contributed by atoms with Crippen molar-refractivity contribution in [3.05, 3.63) is 29.3 Å². The summed E-state index contributed by atoms with van der Waals surface area (Å²) in [5.41, 5.74) is 1.86. The van der Waals surface area contributed by atoms with Crippen molar-refractivity contribution in [1.82, 2.24) is 8.75 Å². The van der Waals surface area contributed by atoms with E-state index in [4.69, 9.17) is 11.6 Å². The van der Waals surface area contributed by atoms with Gasteiger partial charge in [0, 0.05) is 17.1 Å². The average Bonchev–Trinajstić information content (AvgIpc) is 2.66. The Hall–Kier alpha value is -1.13. The molecule has 1 aromatic carbocycles. The van der Waals surface area contributed by atoms with E-state index in [-0.39, 0.29) is 0 Å². The van der Waals surface area contributed by atoms with Crippen LogP contribution in [0.15, 0.2) is 24.3 Å². The number of anilines is 1. The van der Waals surface area contributed by atoms with E-state index >= 15 is 0 Å². The number of nitrogens with one attached hydrogen (secondary N) is 1. The van der Waals surface area contributed by atoms with Crippen molar-refractivity contribution in [2.75, 3.05) is 11.9 Å². The second kappa shape index (κ2) is 4.59. The highest BCUT2D eigenvalue weighted by Gasteiger charge is 2.09. The van der Waals surface area contributed by atoms with Crippen molar-refractivity contribution in [3.8, 4) is 11.3 Å².